The monoisotopic (exact) mass is 1710 g/mol. The van der Waals surface area contributed by atoms with E-state index in [1.54, 1.807) is 0 Å². The average Bonchev–Trinajstić information content (AvgIpc) is 1.64. The van der Waals surface area contributed by atoms with Crippen molar-refractivity contribution in [1.82, 2.24) is 57.7 Å². The molecule has 6 aromatic heterocycles. The number of aliphatic hydroxyl groups excluding tert-OH is 1. The van der Waals surface area contributed by atoms with Crippen LogP contribution in [0.4, 0.5) is 17.6 Å². The molecular formula is C54H75BrN16O27P4S4. The van der Waals surface area contributed by atoms with Gasteiger partial charge in [-0.15, -0.1) is 0 Å². The molecule has 106 heavy (non-hydrogen) atoms. The van der Waals surface area contributed by atoms with Crippen LogP contribution in [0.5, 0.6) is 0 Å². The topological polar surface area (TPSA) is 566 Å². The van der Waals surface area contributed by atoms with E-state index in [1.807, 2.05) is 6.92 Å². The van der Waals surface area contributed by atoms with Gasteiger partial charge in [0.1, 0.15) is 85.5 Å². The zero-order valence-electron chi connectivity index (χ0n) is 55.8. The first-order valence-electron chi connectivity index (χ1n) is 32.3. The molecule has 11 heterocycles. The molecule has 0 spiro atoms. The molecule has 6 aromatic rings. The molecule has 0 aromatic carbocycles. The summed E-state index contributed by atoms with van der Waals surface area (Å²) in [5, 5.41) is 10.2. The van der Waals surface area contributed by atoms with Crippen LogP contribution in [0.15, 0.2) is 81.3 Å². The van der Waals surface area contributed by atoms with Gasteiger partial charge < -0.3 is 74.8 Å². The van der Waals surface area contributed by atoms with Gasteiger partial charge in [-0.05, 0) is 59.1 Å². The number of thiol groups is 3. The number of nitrogens with two attached hydrogens (primary N) is 4. The number of H-pyrrole nitrogens is 3. The third kappa shape index (κ3) is 20.6. The van der Waals surface area contributed by atoms with Gasteiger partial charge in [-0.25, -0.2) is 37.9 Å². The van der Waals surface area contributed by atoms with E-state index in [0.717, 1.165) is 19.9 Å². The molecule has 9 unspecified atom stereocenters. The Kier molecular flexibility index (Phi) is 27.2. The maximum absolute atomic E-state index is 14.9. The Labute approximate surface area is 626 Å². The zero-order chi connectivity index (χ0) is 76.2. The maximum Gasteiger partial charge on any atom is 0.386 e. The van der Waals surface area contributed by atoms with Gasteiger partial charge in [0.2, 0.25) is 5.95 Å². The number of aryl methyl sites for hydroxylation is 1. The van der Waals surface area contributed by atoms with Crippen LogP contribution in [0.3, 0.4) is 0 Å². The van der Waals surface area contributed by atoms with E-state index >= 15 is 0 Å². The number of halogens is 1. The van der Waals surface area contributed by atoms with Crippen molar-refractivity contribution in [2.24, 2.45) is 11.7 Å². The van der Waals surface area contributed by atoms with E-state index in [2.05, 4.69) is 87.6 Å². The molecule has 584 valence electrons. The highest BCUT2D eigenvalue weighted by Gasteiger charge is 2.49. The lowest BCUT2D eigenvalue weighted by Crippen LogP contribution is -2.33. The molecule has 19 atom stereocenters. The van der Waals surface area contributed by atoms with E-state index in [4.69, 9.17) is 109 Å². The summed E-state index contributed by atoms with van der Waals surface area (Å²) in [5.41, 5.74) is 17.6. The summed E-state index contributed by atoms with van der Waals surface area (Å²) in [6.07, 6.45) is -11.2. The lowest BCUT2D eigenvalue weighted by atomic mass is 10.0. The average molecular weight is 1710 g/mol. The first-order valence-corrected chi connectivity index (χ1v) is 43.7. The Morgan fingerprint density at radius 2 is 1.01 bits per heavy atom. The SMILES string of the molecule is Cc1cn([C@H]2CC(OP(=S)(OCCOCCOCCN)OC[C@H]3O[C@@H](n4ccc(N)nc4=O)CC3C)[C@@H](COP(=O)(S)OC3C[C@H](n4cnc5c(=O)[nH]c(N)nc54)O[C@@H]3COP(=O)(S)OC3C[C@H](n4ccc(N)nc4=O)O[C@@H]3COP(=O)(S)OC3C[C@H](n4cc(Br)c(=O)[nH]c4=O)O[C@@H]3CO)O2)c(=O)[nH]c1=O. The third-order valence-electron chi connectivity index (χ3n) is 17.0. The van der Waals surface area contributed by atoms with Gasteiger partial charge in [0.25, 0.3) is 16.7 Å². The molecule has 0 amide bonds. The number of nitrogen functional groups attached to an aromatic ring is 3. The molecule has 5 aliphatic rings. The van der Waals surface area contributed by atoms with Crippen LogP contribution in [0, 0.1) is 12.8 Å². The predicted molar refractivity (Wildman–Crippen MR) is 386 cm³/mol. The van der Waals surface area contributed by atoms with Crippen LogP contribution in [0.2, 0.25) is 0 Å². The summed E-state index contributed by atoms with van der Waals surface area (Å²) in [7, 11) is 0. The number of hydrogen-bond donors (Lipinski definition) is 11. The van der Waals surface area contributed by atoms with Crippen molar-refractivity contribution in [3.63, 3.8) is 0 Å². The van der Waals surface area contributed by atoms with E-state index in [1.165, 1.54) is 53.1 Å². The molecule has 0 bridgehead atoms. The lowest BCUT2D eigenvalue weighted by molar-refractivity contribution is -0.0539. The van der Waals surface area contributed by atoms with Crippen LogP contribution in [-0.4, -0.2) is 190 Å². The van der Waals surface area contributed by atoms with Gasteiger partial charge in [-0.3, -0.25) is 79.3 Å². The van der Waals surface area contributed by atoms with E-state index < -0.39 is 179 Å². The van der Waals surface area contributed by atoms with Gasteiger partial charge in [-0.2, -0.15) is 15.0 Å². The van der Waals surface area contributed by atoms with Crippen LogP contribution < -0.4 is 62.4 Å². The number of rotatable bonds is 35. The minimum Gasteiger partial charge on any atom is -0.394 e. The van der Waals surface area contributed by atoms with Crippen molar-refractivity contribution in [2.75, 3.05) is 89.8 Å². The molecule has 5 saturated heterocycles. The summed E-state index contributed by atoms with van der Waals surface area (Å²) in [5.74, 6) is -0.634. The van der Waals surface area contributed by atoms with Crippen molar-refractivity contribution in [1.29, 1.82) is 0 Å². The predicted octanol–water partition coefficient (Wildman–Crippen LogP) is 1.57. The highest BCUT2D eigenvalue weighted by atomic mass is 79.9. The highest BCUT2D eigenvalue weighted by molar-refractivity contribution is 9.10. The minimum absolute atomic E-state index is 0.0176. The summed E-state index contributed by atoms with van der Waals surface area (Å²) >= 11 is 22.0. The van der Waals surface area contributed by atoms with Gasteiger partial charge in [-0.1, -0.05) is 43.7 Å². The quantitative estimate of drug-likeness (QED) is 0.0153. The number of nitrogens with zero attached hydrogens (tertiary/aromatic N) is 9. The van der Waals surface area contributed by atoms with Gasteiger partial charge >= 0.3 is 49.9 Å². The fraction of sp³-hybridized carbons (Fsp3) is 0.611. The Morgan fingerprint density at radius 3 is 1.54 bits per heavy atom. The fourth-order valence-electron chi connectivity index (χ4n) is 11.9. The number of aromatic amines is 3. The molecule has 11 rings (SSSR count). The normalized spacial score (nSPS) is 28.4. The molecule has 12 N–H and O–H groups in total. The summed E-state index contributed by atoms with van der Waals surface area (Å²) < 4.78 is 146. The van der Waals surface area contributed by atoms with Gasteiger partial charge in [0, 0.05) is 62.6 Å². The number of fused-ring (bicyclic) bond motifs is 1. The molecule has 0 radical (unpaired) electrons. The Balaban J connectivity index is 0.809. The van der Waals surface area contributed by atoms with E-state index in [9.17, 15) is 52.4 Å². The summed E-state index contributed by atoms with van der Waals surface area (Å²) in [6, 6.07) is 2.75. The maximum atomic E-state index is 14.9. The molecule has 0 aliphatic carbocycles. The largest absolute Gasteiger partial charge is 0.394 e. The smallest absolute Gasteiger partial charge is 0.386 e. The number of anilines is 3. The van der Waals surface area contributed by atoms with Crippen LogP contribution in [-0.2, 0) is 99.4 Å². The van der Waals surface area contributed by atoms with Crippen molar-refractivity contribution in [3.8, 4) is 0 Å². The summed E-state index contributed by atoms with van der Waals surface area (Å²) in [6.45, 7) is -17.1. The second kappa shape index (κ2) is 35.2. The minimum atomic E-state index is -4.75. The number of aromatic nitrogens is 12. The Bertz CT molecular complexity index is 4790. The van der Waals surface area contributed by atoms with Crippen LogP contribution >= 0.6 is 79.8 Å². The highest BCUT2D eigenvalue weighted by Crippen LogP contribution is 2.61. The second-order valence-corrected chi connectivity index (χ2v) is 36.9. The Hall–Kier alpha value is -4.98. The number of nitrogens with one attached hydrogen (secondary N) is 3. The first kappa shape index (κ1) is 82.0. The van der Waals surface area contributed by atoms with Crippen molar-refractivity contribution in [3.05, 3.63) is 126 Å². The van der Waals surface area contributed by atoms with Crippen molar-refractivity contribution < 1.29 is 92.7 Å². The molecule has 52 heteroatoms. The molecule has 0 saturated carbocycles. The second-order valence-electron chi connectivity index (χ2n) is 24.4. The van der Waals surface area contributed by atoms with Crippen LogP contribution in [0.25, 0.3) is 11.2 Å². The molecular weight excluding hydrogens is 1640 g/mol. The molecule has 5 aliphatic heterocycles. The van der Waals surface area contributed by atoms with Crippen LogP contribution in [0.1, 0.15) is 75.7 Å². The lowest BCUT2D eigenvalue weighted by Gasteiger charge is -2.29. The zero-order valence-corrected chi connectivity index (χ0v) is 64.5. The molecule has 5 fully saturated rings. The Morgan fingerprint density at radius 1 is 0.566 bits per heavy atom. The number of aliphatic hydroxyl groups is 1. The third-order valence-corrected chi connectivity index (χ3v) is 24.9. The molecule has 43 nitrogen and oxygen atoms in total. The first-order chi connectivity index (χ1) is 50.3. The number of hydrogen-bond acceptors (Lipinski definition) is 36. The summed E-state index contributed by atoms with van der Waals surface area (Å²) in [4.78, 5) is 112. The van der Waals surface area contributed by atoms with E-state index in [0.29, 0.717) is 19.6 Å². The fourth-order valence-corrected chi connectivity index (χ4v) is 18.9. The van der Waals surface area contributed by atoms with Crippen molar-refractivity contribution >= 4 is 120 Å². The number of ether oxygens (including phenoxy) is 7. The van der Waals surface area contributed by atoms with Crippen molar-refractivity contribution in [2.45, 2.75) is 132 Å². The van der Waals surface area contributed by atoms with Gasteiger partial charge in [0.15, 0.2) is 11.2 Å². The van der Waals surface area contributed by atoms with E-state index in [-0.39, 0.29) is 103 Å². The number of imidazole rings is 1. The van der Waals surface area contributed by atoms with Gasteiger partial charge in [0.05, 0.1) is 89.1 Å². The standard InChI is InChI=1S/C54H75BrN16O27P4S4/c1-26-13-40(67-6-3-38(57)61-51(67)76)91-34(26)21-89-102(106,85-12-11-84-10-9-83-8-5-56)98-32-17-42(69-18-27(2)47(73)65-53(69)78)93-37(32)24-88-101(82,105)97-31-16-44(71-25-60-45-46(71)63-50(59)64-49(45)75)94-36(31)23-87-100(81,104)96-30-15-41(68-7-4-39(58)62-52(68)77)92-35(30)22-86-99(80,103)95-29-14-43(90-33(29)20-72)70-19-28(55)48(74)66-54(70)79/h3-4,6-7,18-19,25-26,29-37,40-44,72H,5,8-17,20-24,56H2,1-2H3,(H,80,103)(H,81,104)(H,82,105)(H2,57,61,76)(H2,58,62,77)(H,65,73,78)(H,66,74,79)(H3,59,63,64,75)/t26?,29?,30?,31?,32?,33-,34-,35-,36-,37-,40-,41-,42-,43-,44-,99?,100?,101?,102?/m1/s1.